The quantitative estimate of drug-likeness (QED) is 0.209. The van der Waals surface area contributed by atoms with Crippen LogP contribution in [0.5, 0.6) is 0 Å². The lowest BCUT2D eigenvalue weighted by Crippen LogP contribution is -2.30. The number of anilines is 3. The lowest BCUT2D eigenvalue weighted by Gasteiger charge is -2.41. The van der Waals surface area contributed by atoms with Gasteiger partial charge in [0.1, 0.15) is 11.2 Å². The first-order valence-corrected chi connectivity index (χ1v) is 14.9. The van der Waals surface area contributed by atoms with Gasteiger partial charge < -0.3 is 13.9 Å². The first-order valence-electron chi connectivity index (χ1n) is 14.9. The molecule has 0 radical (unpaired) electrons. The normalized spacial score (nSPS) is 13.8. The standard InChI is InChI=1S/C40H27N3O/c1-40(2)32-10-4-7-13-36(32)43(37-14-8-5-11-33(37)40)27-17-19-30-29-18-16-26(22-38(29)44-39(30)23-27)42-34-12-6-3-9-28(34)31-21-25(24-41)15-20-35(31)42/h3-23H,1-2H3. The van der Waals surface area contributed by atoms with Crippen LogP contribution >= 0.6 is 0 Å². The van der Waals surface area contributed by atoms with Crippen LogP contribution in [0.25, 0.3) is 49.4 Å². The van der Waals surface area contributed by atoms with Crippen molar-refractivity contribution in [2.24, 2.45) is 0 Å². The van der Waals surface area contributed by atoms with Crippen LogP contribution in [0.1, 0.15) is 30.5 Å². The Bertz CT molecular complexity index is 2460. The average Bonchev–Trinajstić information content (AvgIpc) is 3.59. The molecule has 1 aliphatic heterocycles. The lowest BCUT2D eigenvalue weighted by atomic mass is 9.73. The molecule has 2 aromatic heterocycles. The number of benzene rings is 6. The maximum absolute atomic E-state index is 9.53. The van der Waals surface area contributed by atoms with Crippen molar-refractivity contribution in [1.82, 2.24) is 4.57 Å². The number of rotatable bonds is 2. The van der Waals surface area contributed by atoms with Crippen LogP contribution in [-0.4, -0.2) is 4.57 Å². The molecule has 9 rings (SSSR count). The smallest absolute Gasteiger partial charge is 0.137 e. The summed E-state index contributed by atoms with van der Waals surface area (Å²) in [6.07, 6.45) is 0. The monoisotopic (exact) mass is 565 g/mol. The predicted octanol–water partition coefficient (Wildman–Crippen LogP) is 10.7. The van der Waals surface area contributed by atoms with Crippen LogP contribution in [0.3, 0.4) is 0 Å². The first-order chi connectivity index (χ1) is 21.5. The van der Waals surface area contributed by atoms with E-state index >= 15 is 0 Å². The number of hydrogen-bond donors (Lipinski definition) is 0. The zero-order valence-electron chi connectivity index (χ0n) is 24.4. The number of hydrogen-bond acceptors (Lipinski definition) is 3. The number of nitrogens with zero attached hydrogens (tertiary/aromatic N) is 3. The fourth-order valence-corrected chi connectivity index (χ4v) is 7.30. The SMILES string of the molecule is CC1(C)c2ccccc2N(c2ccc3c(c2)oc2cc(-n4c5ccccc5c5cc(C#N)ccc54)ccc23)c2ccccc21. The second-order valence-electron chi connectivity index (χ2n) is 12.2. The summed E-state index contributed by atoms with van der Waals surface area (Å²) in [6, 6.07) is 47.0. The molecule has 0 aliphatic carbocycles. The van der Waals surface area contributed by atoms with E-state index in [4.69, 9.17) is 4.42 Å². The fourth-order valence-electron chi connectivity index (χ4n) is 7.30. The van der Waals surface area contributed by atoms with Gasteiger partial charge in [-0.25, -0.2) is 0 Å². The molecule has 4 nitrogen and oxygen atoms in total. The van der Waals surface area contributed by atoms with Crippen LogP contribution < -0.4 is 4.90 Å². The van der Waals surface area contributed by atoms with Gasteiger partial charge in [-0.3, -0.25) is 0 Å². The molecule has 8 aromatic rings. The van der Waals surface area contributed by atoms with E-state index < -0.39 is 0 Å². The van der Waals surface area contributed by atoms with Gasteiger partial charge in [0.25, 0.3) is 0 Å². The van der Waals surface area contributed by atoms with Gasteiger partial charge in [0.15, 0.2) is 0 Å². The second-order valence-corrected chi connectivity index (χ2v) is 12.2. The molecular formula is C40H27N3O. The van der Waals surface area contributed by atoms with Crippen LogP contribution in [0.4, 0.5) is 17.1 Å². The summed E-state index contributed by atoms with van der Waals surface area (Å²) >= 11 is 0. The van der Waals surface area contributed by atoms with Crippen molar-refractivity contribution in [1.29, 1.82) is 5.26 Å². The third kappa shape index (κ3) is 3.32. The minimum absolute atomic E-state index is 0.105. The highest BCUT2D eigenvalue weighted by atomic mass is 16.3. The van der Waals surface area contributed by atoms with Gasteiger partial charge in [0.2, 0.25) is 0 Å². The molecule has 0 amide bonds. The van der Waals surface area contributed by atoms with Gasteiger partial charge in [-0.05, 0) is 71.8 Å². The van der Waals surface area contributed by atoms with Gasteiger partial charge in [-0.1, -0.05) is 68.4 Å². The van der Waals surface area contributed by atoms with Crippen LogP contribution in [0.15, 0.2) is 132 Å². The molecular weight excluding hydrogens is 538 g/mol. The Hall–Kier alpha value is -5.79. The molecule has 0 atom stereocenters. The molecule has 4 heteroatoms. The summed E-state index contributed by atoms with van der Waals surface area (Å²) in [5.74, 6) is 0. The van der Waals surface area contributed by atoms with Gasteiger partial charge in [-0.15, -0.1) is 0 Å². The lowest BCUT2D eigenvalue weighted by molar-refractivity contribution is 0.632. The summed E-state index contributed by atoms with van der Waals surface area (Å²) in [5, 5.41) is 13.9. The highest BCUT2D eigenvalue weighted by Gasteiger charge is 2.36. The zero-order valence-corrected chi connectivity index (χ0v) is 24.4. The van der Waals surface area contributed by atoms with E-state index in [1.54, 1.807) is 0 Å². The Balaban J connectivity index is 1.22. The maximum atomic E-state index is 9.53. The summed E-state index contributed by atoms with van der Waals surface area (Å²) in [5.41, 5.74) is 11.5. The van der Waals surface area contributed by atoms with Crippen molar-refractivity contribution in [3.63, 3.8) is 0 Å². The van der Waals surface area contributed by atoms with Crippen molar-refractivity contribution >= 4 is 60.8 Å². The summed E-state index contributed by atoms with van der Waals surface area (Å²) in [6.45, 7) is 4.61. The molecule has 0 bridgehead atoms. The number of furan rings is 1. The highest BCUT2D eigenvalue weighted by molar-refractivity contribution is 6.11. The molecule has 0 saturated carbocycles. The maximum Gasteiger partial charge on any atom is 0.137 e. The Kier molecular flexibility index (Phi) is 4.99. The van der Waals surface area contributed by atoms with Crippen molar-refractivity contribution in [3.8, 4) is 11.8 Å². The van der Waals surface area contributed by atoms with Crippen molar-refractivity contribution < 1.29 is 4.42 Å². The van der Waals surface area contributed by atoms with Crippen LogP contribution in [-0.2, 0) is 5.41 Å². The van der Waals surface area contributed by atoms with Gasteiger partial charge in [0.05, 0.1) is 34.0 Å². The minimum Gasteiger partial charge on any atom is -0.456 e. The molecule has 208 valence electrons. The summed E-state index contributed by atoms with van der Waals surface area (Å²) < 4.78 is 8.87. The molecule has 0 unspecified atom stereocenters. The molecule has 0 fully saturated rings. The highest BCUT2D eigenvalue weighted by Crippen LogP contribution is 2.52. The fraction of sp³-hybridized carbons (Fsp3) is 0.0750. The van der Waals surface area contributed by atoms with Gasteiger partial charge in [0, 0.05) is 50.5 Å². The second kappa shape index (κ2) is 8.86. The van der Waals surface area contributed by atoms with Gasteiger partial charge in [-0.2, -0.15) is 5.26 Å². The first kappa shape index (κ1) is 24.8. The molecule has 0 spiro atoms. The predicted molar refractivity (Wildman–Crippen MR) is 180 cm³/mol. The molecule has 0 saturated heterocycles. The number of para-hydroxylation sites is 3. The van der Waals surface area contributed by atoms with Crippen molar-refractivity contribution in [3.05, 3.63) is 144 Å². The van der Waals surface area contributed by atoms with E-state index in [9.17, 15) is 5.26 Å². The van der Waals surface area contributed by atoms with E-state index in [1.165, 1.54) is 22.5 Å². The van der Waals surface area contributed by atoms with Crippen LogP contribution in [0, 0.1) is 11.3 Å². The molecule has 44 heavy (non-hydrogen) atoms. The van der Waals surface area contributed by atoms with E-state index in [0.717, 1.165) is 55.1 Å². The number of aromatic nitrogens is 1. The Morgan fingerprint density at radius 2 is 1.16 bits per heavy atom. The van der Waals surface area contributed by atoms with Crippen LogP contribution in [0.2, 0.25) is 0 Å². The van der Waals surface area contributed by atoms with Crippen molar-refractivity contribution in [2.45, 2.75) is 19.3 Å². The minimum atomic E-state index is -0.105. The average molecular weight is 566 g/mol. The molecule has 0 N–H and O–H groups in total. The summed E-state index contributed by atoms with van der Waals surface area (Å²) in [4.78, 5) is 2.36. The molecule has 1 aliphatic rings. The van der Waals surface area contributed by atoms with E-state index in [0.29, 0.717) is 5.56 Å². The topological polar surface area (TPSA) is 45.1 Å². The van der Waals surface area contributed by atoms with E-state index in [2.05, 4.69) is 133 Å². The van der Waals surface area contributed by atoms with Gasteiger partial charge >= 0.3 is 0 Å². The molecule has 6 aromatic carbocycles. The summed E-state index contributed by atoms with van der Waals surface area (Å²) in [7, 11) is 0. The Morgan fingerprint density at radius 3 is 1.86 bits per heavy atom. The molecule has 3 heterocycles. The Morgan fingerprint density at radius 1 is 0.568 bits per heavy atom. The zero-order chi connectivity index (χ0) is 29.6. The largest absolute Gasteiger partial charge is 0.456 e. The van der Waals surface area contributed by atoms with Crippen molar-refractivity contribution in [2.75, 3.05) is 4.90 Å². The third-order valence-corrected chi connectivity index (χ3v) is 9.40. The number of fused-ring (bicyclic) bond motifs is 8. The third-order valence-electron chi connectivity index (χ3n) is 9.40. The van der Waals surface area contributed by atoms with E-state index in [-0.39, 0.29) is 5.41 Å². The Labute approximate surface area is 254 Å². The van der Waals surface area contributed by atoms with E-state index in [1.807, 2.05) is 24.3 Å². The number of nitriles is 1.